The van der Waals surface area contributed by atoms with E-state index in [0.29, 0.717) is 23.8 Å². The summed E-state index contributed by atoms with van der Waals surface area (Å²) >= 11 is 0. The Bertz CT molecular complexity index is 930. The van der Waals surface area contributed by atoms with E-state index < -0.39 is 10.0 Å². The lowest BCUT2D eigenvalue weighted by atomic mass is 10.1. The molecule has 0 bridgehead atoms. The second kappa shape index (κ2) is 6.45. The van der Waals surface area contributed by atoms with E-state index in [9.17, 15) is 8.42 Å². The highest BCUT2D eigenvalue weighted by Gasteiger charge is 2.10. The molecule has 1 N–H and O–H groups in total. The van der Waals surface area contributed by atoms with Crippen LogP contribution in [-0.4, -0.2) is 24.8 Å². The molecule has 0 saturated heterocycles. The molecule has 124 valence electrons. The van der Waals surface area contributed by atoms with Crippen molar-refractivity contribution >= 4 is 15.7 Å². The van der Waals surface area contributed by atoms with Crippen LogP contribution in [0.4, 0.5) is 5.69 Å². The largest absolute Gasteiger partial charge is 0.339 e. The Balaban J connectivity index is 1.74. The molecule has 6 nitrogen and oxygen atoms in total. The molecule has 24 heavy (non-hydrogen) atoms. The quantitative estimate of drug-likeness (QED) is 0.770. The van der Waals surface area contributed by atoms with Gasteiger partial charge in [-0.1, -0.05) is 35.0 Å². The topological polar surface area (TPSA) is 85.1 Å². The van der Waals surface area contributed by atoms with Crippen LogP contribution in [0.1, 0.15) is 17.0 Å². The van der Waals surface area contributed by atoms with Gasteiger partial charge < -0.3 is 4.52 Å². The molecule has 0 radical (unpaired) electrons. The normalized spacial score (nSPS) is 11.4. The summed E-state index contributed by atoms with van der Waals surface area (Å²) in [6, 6.07) is 15.0. The van der Waals surface area contributed by atoms with Crippen LogP contribution in [0.15, 0.2) is 53.1 Å². The van der Waals surface area contributed by atoms with Crippen molar-refractivity contribution in [1.82, 2.24) is 10.1 Å². The van der Waals surface area contributed by atoms with E-state index in [1.165, 1.54) is 5.56 Å². The number of benzene rings is 2. The summed E-state index contributed by atoms with van der Waals surface area (Å²) in [5.41, 5.74) is 3.55. The molecule has 0 atom stereocenters. The van der Waals surface area contributed by atoms with Crippen LogP contribution in [-0.2, 0) is 16.4 Å². The SMILES string of the molecule is Cc1ccc(Cc2nc(-c3ccc(NS(C)(=O)=O)cc3)no2)cc1. The van der Waals surface area contributed by atoms with Gasteiger partial charge in [0.15, 0.2) is 0 Å². The number of rotatable bonds is 5. The van der Waals surface area contributed by atoms with Crippen molar-refractivity contribution in [1.29, 1.82) is 0 Å². The second-order valence-corrected chi connectivity index (χ2v) is 7.37. The fraction of sp³-hybridized carbons (Fsp3) is 0.176. The summed E-state index contributed by atoms with van der Waals surface area (Å²) in [6.07, 6.45) is 1.68. The van der Waals surface area contributed by atoms with Crippen LogP contribution < -0.4 is 4.72 Å². The number of hydrogen-bond donors (Lipinski definition) is 1. The molecular formula is C17H17N3O3S. The molecule has 0 aliphatic carbocycles. The summed E-state index contributed by atoms with van der Waals surface area (Å²) < 4.78 is 30.1. The third-order valence-electron chi connectivity index (χ3n) is 3.39. The molecule has 0 spiro atoms. The lowest BCUT2D eigenvalue weighted by molar-refractivity contribution is 0.385. The molecule has 2 aromatic carbocycles. The second-order valence-electron chi connectivity index (χ2n) is 5.63. The van der Waals surface area contributed by atoms with Crippen molar-refractivity contribution in [3.05, 3.63) is 65.5 Å². The zero-order valence-electron chi connectivity index (χ0n) is 13.4. The van der Waals surface area contributed by atoms with Gasteiger partial charge in [-0.05, 0) is 36.8 Å². The molecular weight excluding hydrogens is 326 g/mol. The highest BCUT2D eigenvalue weighted by atomic mass is 32.2. The van der Waals surface area contributed by atoms with Gasteiger partial charge in [0, 0.05) is 11.3 Å². The fourth-order valence-electron chi connectivity index (χ4n) is 2.23. The first-order valence-electron chi connectivity index (χ1n) is 7.35. The van der Waals surface area contributed by atoms with Crippen LogP contribution in [0.25, 0.3) is 11.4 Å². The first-order valence-corrected chi connectivity index (χ1v) is 9.24. The Hall–Kier alpha value is -2.67. The van der Waals surface area contributed by atoms with Gasteiger partial charge in [0.05, 0.1) is 12.7 Å². The highest BCUT2D eigenvalue weighted by molar-refractivity contribution is 7.92. The molecule has 7 heteroatoms. The molecule has 1 heterocycles. The average molecular weight is 343 g/mol. The summed E-state index contributed by atoms with van der Waals surface area (Å²) in [5, 5.41) is 3.98. The van der Waals surface area contributed by atoms with Crippen LogP contribution in [0.2, 0.25) is 0 Å². The maximum absolute atomic E-state index is 11.2. The number of nitrogens with zero attached hydrogens (tertiary/aromatic N) is 2. The van der Waals surface area contributed by atoms with Crippen LogP contribution in [0.5, 0.6) is 0 Å². The third-order valence-corrected chi connectivity index (χ3v) is 4.00. The summed E-state index contributed by atoms with van der Waals surface area (Å²) in [6.45, 7) is 2.04. The summed E-state index contributed by atoms with van der Waals surface area (Å²) in [4.78, 5) is 4.39. The Morgan fingerprint density at radius 1 is 1.04 bits per heavy atom. The molecule has 0 saturated carbocycles. The minimum atomic E-state index is -3.29. The van der Waals surface area contributed by atoms with Crippen molar-refractivity contribution in [2.45, 2.75) is 13.3 Å². The van der Waals surface area contributed by atoms with Gasteiger partial charge >= 0.3 is 0 Å². The molecule has 0 amide bonds. The van der Waals surface area contributed by atoms with E-state index in [1.54, 1.807) is 24.3 Å². The third kappa shape index (κ3) is 4.20. The maximum Gasteiger partial charge on any atom is 0.231 e. The number of aryl methyl sites for hydroxylation is 1. The minimum absolute atomic E-state index is 0.475. The van der Waals surface area contributed by atoms with Gasteiger partial charge in [0.1, 0.15) is 0 Å². The standard InChI is InChI=1S/C17H17N3O3S/c1-12-3-5-13(6-4-12)11-16-18-17(19-23-16)14-7-9-15(10-8-14)20-24(2,21)22/h3-10,20H,11H2,1-2H3. The van der Waals surface area contributed by atoms with Crippen molar-refractivity contribution in [2.24, 2.45) is 0 Å². The van der Waals surface area contributed by atoms with Crippen LogP contribution in [0, 0.1) is 6.92 Å². The molecule has 0 aliphatic rings. The predicted octanol–water partition coefficient (Wildman–Crippen LogP) is 3.01. The van der Waals surface area contributed by atoms with Gasteiger partial charge in [0.25, 0.3) is 0 Å². The van der Waals surface area contributed by atoms with E-state index in [4.69, 9.17) is 4.52 Å². The van der Waals surface area contributed by atoms with E-state index in [-0.39, 0.29) is 0 Å². The Morgan fingerprint density at radius 2 is 1.71 bits per heavy atom. The van der Waals surface area contributed by atoms with E-state index in [2.05, 4.69) is 14.9 Å². The fourth-order valence-corrected chi connectivity index (χ4v) is 2.79. The van der Waals surface area contributed by atoms with Crippen molar-refractivity contribution in [3.63, 3.8) is 0 Å². The summed E-state index contributed by atoms with van der Waals surface area (Å²) in [5.74, 6) is 1.01. The monoisotopic (exact) mass is 343 g/mol. The Kier molecular flexibility index (Phi) is 4.35. The van der Waals surface area contributed by atoms with Crippen molar-refractivity contribution < 1.29 is 12.9 Å². The maximum atomic E-state index is 11.2. The zero-order chi connectivity index (χ0) is 17.2. The average Bonchev–Trinajstić information content (AvgIpc) is 2.97. The Morgan fingerprint density at radius 3 is 2.33 bits per heavy atom. The first kappa shape index (κ1) is 16.2. The predicted molar refractivity (Wildman–Crippen MR) is 92.2 cm³/mol. The molecule has 0 fully saturated rings. The minimum Gasteiger partial charge on any atom is -0.339 e. The van der Waals surface area contributed by atoms with Gasteiger partial charge in [-0.25, -0.2) is 8.42 Å². The van der Waals surface area contributed by atoms with Gasteiger partial charge in [-0.15, -0.1) is 0 Å². The molecule has 3 aromatic rings. The van der Waals surface area contributed by atoms with Gasteiger partial charge in [0.2, 0.25) is 21.7 Å². The van der Waals surface area contributed by atoms with Gasteiger partial charge in [-0.2, -0.15) is 4.98 Å². The number of hydrogen-bond acceptors (Lipinski definition) is 5. The lowest BCUT2D eigenvalue weighted by Crippen LogP contribution is -2.09. The van der Waals surface area contributed by atoms with E-state index in [1.807, 2.05) is 31.2 Å². The van der Waals surface area contributed by atoms with Crippen LogP contribution >= 0.6 is 0 Å². The van der Waals surface area contributed by atoms with Crippen molar-refractivity contribution in [3.8, 4) is 11.4 Å². The lowest BCUT2D eigenvalue weighted by Gasteiger charge is -2.03. The number of nitrogens with one attached hydrogen (secondary N) is 1. The molecule has 0 aliphatic heterocycles. The molecule has 0 unspecified atom stereocenters. The highest BCUT2D eigenvalue weighted by Crippen LogP contribution is 2.20. The zero-order valence-corrected chi connectivity index (χ0v) is 14.2. The number of aromatic nitrogens is 2. The smallest absolute Gasteiger partial charge is 0.231 e. The van der Waals surface area contributed by atoms with Crippen LogP contribution in [0.3, 0.4) is 0 Å². The molecule has 1 aromatic heterocycles. The van der Waals surface area contributed by atoms with Gasteiger partial charge in [-0.3, -0.25) is 4.72 Å². The van der Waals surface area contributed by atoms with E-state index in [0.717, 1.165) is 17.4 Å². The number of sulfonamides is 1. The Labute approximate surface area is 140 Å². The first-order chi connectivity index (χ1) is 11.4. The van der Waals surface area contributed by atoms with Crippen molar-refractivity contribution in [2.75, 3.05) is 11.0 Å². The molecule has 3 rings (SSSR count). The number of anilines is 1. The van der Waals surface area contributed by atoms with E-state index >= 15 is 0 Å². The summed E-state index contributed by atoms with van der Waals surface area (Å²) in [7, 11) is -3.29.